The van der Waals surface area contributed by atoms with Crippen LogP contribution in [0.25, 0.3) is 16.7 Å². The molecule has 110 valence electrons. The fraction of sp³-hybridized carbons (Fsp3) is 0.231. The fourth-order valence-corrected chi connectivity index (χ4v) is 2.34. The van der Waals surface area contributed by atoms with Gasteiger partial charge >= 0.3 is 6.18 Å². The van der Waals surface area contributed by atoms with E-state index in [9.17, 15) is 13.2 Å². The Morgan fingerprint density at radius 1 is 1.24 bits per heavy atom. The molecule has 0 saturated carbocycles. The van der Waals surface area contributed by atoms with Crippen LogP contribution in [-0.4, -0.2) is 19.3 Å². The van der Waals surface area contributed by atoms with Gasteiger partial charge in [-0.25, -0.2) is 4.98 Å². The summed E-state index contributed by atoms with van der Waals surface area (Å²) in [5.41, 5.74) is 7.22. The van der Waals surface area contributed by atoms with Crippen LogP contribution >= 0.6 is 0 Å². The van der Waals surface area contributed by atoms with E-state index in [4.69, 9.17) is 5.73 Å². The Bertz CT molecular complexity index is 828. The molecule has 0 amide bonds. The Hall–Kier alpha value is -2.51. The van der Waals surface area contributed by atoms with E-state index in [1.807, 2.05) is 0 Å². The molecule has 21 heavy (non-hydrogen) atoms. The Morgan fingerprint density at radius 2 is 1.95 bits per heavy atom. The molecule has 5 nitrogen and oxygen atoms in total. The van der Waals surface area contributed by atoms with Gasteiger partial charge in [-0.1, -0.05) is 0 Å². The SMILES string of the molecule is Cc1nn(C)cc1-n1c(N)nc2cc(C(F)(F)F)ccc21. The highest BCUT2D eigenvalue weighted by molar-refractivity contribution is 5.81. The number of benzene rings is 1. The number of rotatable bonds is 1. The van der Waals surface area contributed by atoms with E-state index in [-0.39, 0.29) is 11.5 Å². The van der Waals surface area contributed by atoms with Crippen molar-refractivity contribution in [1.82, 2.24) is 19.3 Å². The molecule has 0 aliphatic rings. The largest absolute Gasteiger partial charge is 0.416 e. The predicted octanol–water partition coefficient (Wildman–Crippen LogP) is 2.67. The monoisotopic (exact) mass is 295 g/mol. The van der Waals surface area contributed by atoms with Crippen molar-refractivity contribution in [3.05, 3.63) is 35.7 Å². The zero-order valence-corrected chi connectivity index (χ0v) is 11.3. The molecule has 1 aromatic carbocycles. The summed E-state index contributed by atoms with van der Waals surface area (Å²) >= 11 is 0. The second-order valence-electron chi connectivity index (χ2n) is 4.78. The number of halogens is 3. The summed E-state index contributed by atoms with van der Waals surface area (Å²) in [5.74, 6) is 0.125. The Labute approximate surface area is 117 Å². The topological polar surface area (TPSA) is 61.7 Å². The molecule has 0 radical (unpaired) electrons. The summed E-state index contributed by atoms with van der Waals surface area (Å²) in [6.45, 7) is 1.80. The number of anilines is 1. The quantitative estimate of drug-likeness (QED) is 0.750. The van der Waals surface area contributed by atoms with Crippen molar-refractivity contribution in [3.63, 3.8) is 0 Å². The van der Waals surface area contributed by atoms with Gasteiger partial charge in [-0.3, -0.25) is 9.25 Å². The minimum absolute atomic E-state index is 0.125. The molecule has 0 fully saturated rings. The van der Waals surface area contributed by atoms with Gasteiger partial charge in [-0.05, 0) is 25.1 Å². The van der Waals surface area contributed by atoms with Crippen LogP contribution in [0.1, 0.15) is 11.3 Å². The van der Waals surface area contributed by atoms with E-state index in [1.165, 1.54) is 6.07 Å². The number of nitrogens with two attached hydrogens (primary N) is 1. The average Bonchev–Trinajstić information content (AvgIpc) is 2.85. The first kappa shape index (κ1) is 13.5. The summed E-state index contributed by atoms with van der Waals surface area (Å²) in [4.78, 5) is 4.02. The lowest BCUT2D eigenvalue weighted by Gasteiger charge is -2.07. The Morgan fingerprint density at radius 3 is 2.52 bits per heavy atom. The second kappa shape index (κ2) is 4.24. The van der Waals surface area contributed by atoms with Crippen LogP contribution in [0.5, 0.6) is 0 Å². The van der Waals surface area contributed by atoms with Gasteiger partial charge < -0.3 is 5.73 Å². The maximum atomic E-state index is 12.7. The maximum absolute atomic E-state index is 12.7. The molecule has 8 heteroatoms. The molecule has 0 saturated heterocycles. The minimum Gasteiger partial charge on any atom is -0.369 e. The van der Waals surface area contributed by atoms with Gasteiger partial charge in [0.1, 0.15) is 0 Å². The molecule has 2 N–H and O–H groups in total. The number of aromatic nitrogens is 4. The van der Waals surface area contributed by atoms with Crippen molar-refractivity contribution in [2.75, 3.05) is 5.73 Å². The number of fused-ring (bicyclic) bond motifs is 1. The summed E-state index contributed by atoms with van der Waals surface area (Å²) < 4.78 is 41.4. The number of nitrogen functional groups attached to an aromatic ring is 1. The highest BCUT2D eigenvalue weighted by Crippen LogP contribution is 2.33. The van der Waals surface area contributed by atoms with Crippen molar-refractivity contribution in [3.8, 4) is 5.69 Å². The third-order valence-electron chi connectivity index (χ3n) is 3.24. The predicted molar refractivity (Wildman–Crippen MR) is 72.0 cm³/mol. The van der Waals surface area contributed by atoms with Crippen LogP contribution in [0, 0.1) is 6.92 Å². The molecule has 3 aromatic rings. The molecule has 0 aliphatic heterocycles. The molecule has 0 spiro atoms. The highest BCUT2D eigenvalue weighted by atomic mass is 19.4. The normalized spacial score (nSPS) is 12.2. The van der Waals surface area contributed by atoms with E-state index in [0.29, 0.717) is 16.9 Å². The van der Waals surface area contributed by atoms with Gasteiger partial charge in [-0.15, -0.1) is 0 Å². The maximum Gasteiger partial charge on any atom is 0.416 e. The van der Waals surface area contributed by atoms with E-state index in [1.54, 1.807) is 29.4 Å². The first-order chi connectivity index (χ1) is 9.77. The number of alkyl halides is 3. The molecule has 2 aromatic heterocycles. The van der Waals surface area contributed by atoms with Crippen LogP contribution in [0.15, 0.2) is 24.4 Å². The van der Waals surface area contributed by atoms with Crippen molar-refractivity contribution in [2.24, 2.45) is 7.05 Å². The average molecular weight is 295 g/mol. The molecule has 3 rings (SSSR count). The lowest BCUT2D eigenvalue weighted by molar-refractivity contribution is -0.137. The zero-order chi connectivity index (χ0) is 15.4. The van der Waals surface area contributed by atoms with Crippen molar-refractivity contribution in [2.45, 2.75) is 13.1 Å². The zero-order valence-electron chi connectivity index (χ0n) is 11.3. The van der Waals surface area contributed by atoms with Crippen molar-refractivity contribution < 1.29 is 13.2 Å². The van der Waals surface area contributed by atoms with E-state index in [0.717, 1.165) is 12.1 Å². The van der Waals surface area contributed by atoms with Crippen molar-refractivity contribution in [1.29, 1.82) is 0 Å². The number of hydrogen-bond acceptors (Lipinski definition) is 3. The summed E-state index contributed by atoms with van der Waals surface area (Å²) in [6.07, 6.45) is -2.67. The number of aryl methyl sites for hydroxylation is 2. The van der Waals surface area contributed by atoms with Crippen LogP contribution in [0.4, 0.5) is 19.1 Å². The first-order valence-corrected chi connectivity index (χ1v) is 6.13. The first-order valence-electron chi connectivity index (χ1n) is 6.13. The van der Waals surface area contributed by atoms with E-state index < -0.39 is 11.7 Å². The van der Waals surface area contributed by atoms with Gasteiger partial charge in [0.15, 0.2) is 0 Å². The van der Waals surface area contributed by atoms with Crippen LogP contribution < -0.4 is 5.73 Å². The molecule has 2 heterocycles. The fourth-order valence-electron chi connectivity index (χ4n) is 2.34. The number of nitrogens with zero attached hydrogens (tertiary/aromatic N) is 4. The van der Waals surface area contributed by atoms with Crippen LogP contribution in [-0.2, 0) is 13.2 Å². The summed E-state index contributed by atoms with van der Waals surface area (Å²) in [5, 5.41) is 4.20. The molecule has 0 atom stereocenters. The van der Waals surface area contributed by atoms with Gasteiger partial charge in [0.25, 0.3) is 0 Å². The molecule has 0 bridgehead atoms. The summed E-state index contributed by atoms with van der Waals surface area (Å²) in [7, 11) is 1.76. The van der Waals surface area contributed by atoms with Gasteiger partial charge in [0.2, 0.25) is 5.95 Å². The van der Waals surface area contributed by atoms with Crippen molar-refractivity contribution >= 4 is 17.0 Å². The lowest BCUT2D eigenvalue weighted by atomic mass is 10.2. The standard InChI is InChI=1S/C13H12F3N5/c1-7-11(6-20(2)19-7)21-10-4-3-8(13(14,15)16)5-9(10)18-12(21)17/h3-6H,1-2H3,(H2,17,18). The second-order valence-corrected chi connectivity index (χ2v) is 4.78. The van der Waals surface area contributed by atoms with E-state index >= 15 is 0 Å². The smallest absolute Gasteiger partial charge is 0.369 e. The van der Waals surface area contributed by atoms with Gasteiger partial charge in [0, 0.05) is 13.2 Å². The lowest BCUT2D eigenvalue weighted by Crippen LogP contribution is -2.04. The molecule has 0 unspecified atom stereocenters. The third-order valence-corrected chi connectivity index (χ3v) is 3.24. The molecular formula is C13H12F3N5. The van der Waals surface area contributed by atoms with Gasteiger partial charge in [0.05, 0.1) is 28.0 Å². The highest BCUT2D eigenvalue weighted by Gasteiger charge is 2.31. The summed E-state index contributed by atoms with van der Waals surface area (Å²) in [6, 6.07) is 3.38. The molecule has 0 aliphatic carbocycles. The minimum atomic E-state index is -4.41. The van der Waals surface area contributed by atoms with Gasteiger partial charge in [-0.2, -0.15) is 18.3 Å². The van der Waals surface area contributed by atoms with Crippen LogP contribution in [0.2, 0.25) is 0 Å². The Kier molecular flexibility index (Phi) is 2.72. The number of imidazole rings is 1. The number of hydrogen-bond donors (Lipinski definition) is 1. The van der Waals surface area contributed by atoms with Crippen LogP contribution in [0.3, 0.4) is 0 Å². The third kappa shape index (κ3) is 2.12. The Balaban J connectivity index is 2.25. The van der Waals surface area contributed by atoms with E-state index in [2.05, 4.69) is 10.1 Å². The molecular weight excluding hydrogens is 283 g/mol.